The van der Waals surface area contributed by atoms with Crippen LogP contribution in [0.15, 0.2) is 36.4 Å². The van der Waals surface area contributed by atoms with Crippen LogP contribution in [0.5, 0.6) is 0 Å². The van der Waals surface area contributed by atoms with Gasteiger partial charge in [-0.05, 0) is 23.9 Å². The van der Waals surface area contributed by atoms with Crippen LogP contribution in [0, 0.1) is 0 Å². The van der Waals surface area contributed by atoms with E-state index in [0.29, 0.717) is 6.54 Å². The van der Waals surface area contributed by atoms with E-state index in [0.717, 1.165) is 34.9 Å². The van der Waals surface area contributed by atoms with Crippen molar-refractivity contribution in [1.82, 2.24) is 0 Å². The molecule has 1 unspecified atom stereocenters. The first-order chi connectivity index (χ1) is 9.22. The predicted octanol–water partition coefficient (Wildman–Crippen LogP) is 2.96. The lowest BCUT2D eigenvalue weighted by atomic mass is 10.1. The molecule has 3 rings (SSSR count). The maximum Gasteiger partial charge on any atom is 0.259 e. The molecule has 1 amide bonds. The van der Waals surface area contributed by atoms with Crippen LogP contribution >= 0.6 is 0 Å². The number of rotatable bonds is 4. The van der Waals surface area contributed by atoms with Crippen LogP contribution in [-0.2, 0) is 0 Å². The van der Waals surface area contributed by atoms with Crippen molar-refractivity contribution in [3.63, 3.8) is 0 Å². The third kappa shape index (κ3) is 1.90. The summed E-state index contributed by atoms with van der Waals surface area (Å²) in [6, 6.07) is 11.7. The number of hydrogen-bond donors (Lipinski definition) is 1. The summed E-state index contributed by atoms with van der Waals surface area (Å²) in [4.78, 5) is 14.1. The lowest BCUT2D eigenvalue weighted by molar-refractivity contribution is 0.0965. The highest BCUT2D eigenvalue weighted by Crippen LogP contribution is 2.37. The van der Waals surface area contributed by atoms with Gasteiger partial charge in [-0.1, -0.05) is 37.6 Å². The van der Waals surface area contributed by atoms with E-state index in [4.69, 9.17) is 0 Å². The second-order valence-corrected chi connectivity index (χ2v) is 5.04. The van der Waals surface area contributed by atoms with E-state index in [2.05, 4.69) is 0 Å². The number of anilines is 1. The van der Waals surface area contributed by atoms with E-state index in [1.54, 1.807) is 4.90 Å². The Bertz CT molecular complexity index is 630. The highest BCUT2D eigenvalue weighted by molar-refractivity contribution is 6.25. The number of carbonyl (C=O) groups is 1. The van der Waals surface area contributed by atoms with E-state index in [1.807, 2.05) is 43.3 Å². The van der Waals surface area contributed by atoms with Crippen molar-refractivity contribution in [3.8, 4) is 0 Å². The first-order valence-corrected chi connectivity index (χ1v) is 6.74. The quantitative estimate of drug-likeness (QED) is 0.912. The monoisotopic (exact) mass is 255 g/mol. The van der Waals surface area contributed by atoms with Crippen LogP contribution in [-0.4, -0.2) is 23.7 Å². The number of carbonyl (C=O) groups excluding carboxylic acids is 1. The largest absolute Gasteiger partial charge is 0.391 e. The number of aliphatic hydroxyl groups is 1. The third-order valence-corrected chi connectivity index (χ3v) is 3.66. The molecule has 1 atom stereocenters. The number of benzene rings is 2. The van der Waals surface area contributed by atoms with E-state index >= 15 is 0 Å². The Labute approximate surface area is 112 Å². The van der Waals surface area contributed by atoms with Crippen molar-refractivity contribution in [2.45, 2.75) is 25.9 Å². The van der Waals surface area contributed by atoms with Crippen molar-refractivity contribution >= 4 is 22.4 Å². The van der Waals surface area contributed by atoms with Crippen LogP contribution in [0.1, 0.15) is 30.1 Å². The fourth-order valence-electron chi connectivity index (χ4n) is 2.80. The lowest BCUT2D eigenvalue weighted by Gasteiger charge is -2.21. The second-order valence-electron chi connectivity index (χ2n) is 5.04. The SMILES string of the molecule is CCCC(O)CN1C(=O)c2cccc3cccc1c23. The van der Waals surface area contributed by atoms with Gasteiger partial charge in [-0.25, -0.2) is 0 Å². The summed E-state index contributed by atoms with van der Waals surface area (Å²) < 4.78 is 0. The predicted molar refractivity (Wildman–Crippen MR) is 76.5 cm³/mol. The van der Waals surface area contributed by atoms with Crippen LogP contribution in [0.2, 0.25) is 0 Å². The summed E-state index contributed by atoms with van der Waals surface area (Å²) in [6.45, 7) is 2.41. The zero-order valence-electron chi connectivity index (χ0n) is 11.0. The molecule has 3 heteroatoms. The van der Waals surface area contributed by atoms with Gasteiger partial charge < -0.3 is 10.0 Å². The van der Waals surface area contributed by atoms with Gasteiger partial charge in [-0.3, -0.25) is 4.79 Å². The topological polar surface area (TPSA) is 40.5 Å². The van der Waals surface area contributed by atoms with Crippen molar-refractivity contribution in [1.29, 1.82) is 0 Å². The molecular formula is C16H17NO2. The van der Waals surface area contributed by atoms with Gasteiger partial charge in [-0.15, -0.1) is 0 Å². The molecule has 0 aliphatic carbocycles. The Kier molecular flexibility index (Phi) is 2.99. The van der Waals surface area contributed by atoms with E-state index in [-0.39, 0.29) is 5.91 Å². The summed E-state index contributed by atoms with van der Waals surface area (Å²) in [5, 5.41) is 12.1. The second kappa shape index (κ2) is 4.67. The molecular weight excluding hydrogens is 238 g/mol. The minimum atomic E-state index is -0.460. The van der Waals surface area contributed by atoms with Crippen LogP contribution in [0.3, 0.4) is 0 Å². The molecule has 0 bridgehead atoms. The number of hydrogen-bond acceptors (Lipinski definition) is 2. The molecule has 1 aliphatic heterocycles. The molecule has 3 nitrogen and oxygen atoms in total. The zero-order valence-corrected chi connectivity index (χ0v) is 11.0. The maximum atomic E-state index is 12.4. The van der Waals surface area contributed by atoms with E-state index < -0.39 is 6.10 Å². The zero-order chi connectivity index (χ0) is 13.4. The van der Waals surface area contributed by atoms with Gasteiger partial charge in [0.15, 0.2) is 0 Å². The number of nitrogens with zero attached hydrogens (tertiary/aromatic N) is 1. The average molecular weight is 255 g/mol. The molecule has 0 fully saturated rings. The number of amides is 1. The van der Waals surface area contributed by atoms with Crippen molar-refractivity contribution < 1.29 is 9.90 Å². The summed E-state index contributed by atoms with van der Waals surface area (Å²) >= 11 is 0. The first-order valence-electron chi connectivity index (χ1n) is 6.74. The molecule has 0 aromatic heterocycles. The van der Waals surface area contributed by atoms with Crippen molar-refractivity contribution in [3.05, 3.63) is 42.0 Å². The Morgan fingerprint density at radius 1 is 1.21 bits per heavy atom. The summed E-state index contributed by atoms with van der Waals surface area (Å²) in [7, 11) is 0. The van der Waals surface area contributed by atoms with Gasteiger partial charge in [-0.2, -0.15) is 0 Å². The molecule has 1 heterocycles. The van der Waals surface area contributed by atoms with Gasteiger partial charge in [0, 0.05) is 10.9 Å². The van der Waals surface area contributed by atoms with E-state index in [1.165, 1.54) is 0 Å². The minimum Gasteiger partial charge on any atom is -0.391 e. The first kappa shape index (κ1) is 12.2. The molecule has 0 spiro atoms. The van der Waals surface area contributed by atoms with Crippen molar-refractivity contribution in [2.24, 2.45) is 0 Å². The van der Waals surface area contributed by atoms with Gasteiger partial charge in [0.05, 0.1) is 18.3 Å². The fraction of sp³-hybridized carbons (Fsp3) is 0.312. The Hall–Kier alpha value is -1.87. The summed E-state index contributed by atoms with van der Waals surface area (Å²) in [6.07, 6.45) is 1.18. The van der Waals surface area contributed by atoms with Crippen LogP contribution in [0.25, 0.3) is 10.8 Å². The molecule has 1 N–H and O–H groups in total. The van der Waals surface area contributed by atoms with Gasteiger partial charge in [0.25, 0.3) is 5.91 Å². The molecule has 0 saturated carbocycles. The standard InChI is InChI=1S/C16H17NO2/c1-2-5-12(18)10-17-14-9-4-7-11-6-3-8-13(15(11)14)16(17)19/h3-4,6-9,12,18H,2,5,10H2,1H3. The smallest absolute Gasteiger partial charge is 0.259 e. The summed E-state index contributed by atoms with van der Waals surface area (Å²) in [5.41, 5.74) is 1.67. The highest BCUT2D eigenvalue weighted by atomic mass is 16.3. The molecule has 2 aromatic carbocycles. The van der Waals surface area contributed by atoms with Gasteiger partial charge in [0.1, 0.15) is 0 Å². The molecule has 19 heavy (non-hydrogen) atoms. The summed E-state index contributed by atoms with van der Waals surface area (Å²) in [5.74, 6) is 0.00181. The third-order valence-electron chi connectivity index (χ3n) is 3.66. The van der Waals surface area contributed by atoms with Crippen LogP contribution in [0.4, 0.5) is 5.69 Å². The lowest BCUT2D eigenvalue weighted by Crippen LogP contribution is -2.34. The molecule has 0 radical (unpaired) electrons. The molecule has 0 saturated heterocycles. The molecule has 2 aromatic rings. The van der Waals surface area contributed by atoms with E-state index in [9.17, 15) is 9.90 Å². The number of β-amino-alcohol motifs (C(OH)–C–C–N with tert-alkyl or cyclic N) is 1. The Balaban J connectivity index is 2.03. The minimum absolute atomic E-state index is 0.00181. The van der Waals surface area contributed by atoms with Crippen molar-refractivity contribution in [2.75, 3.05) is 11.4 Å². The highest BCUT2D eigenvalue weighted by Gasteiger charge is 2.30. The molecule has 1 aliphatic rings. The number of aliphatic hydroxyl groups excluding tert-OH is 1. The Morgan fingerprint density at radius 2 is 1.95 bits per heavy atom. The van der Waals surface area contributed by atoms with Crippen LogP contribution < -0.4 is 4.90 Å². The maximum absolute atomic E-state index is 12.4. The average Bonchev–Trinajstić information content (AvgIpc) is 2.68. The fourth-order valence-corrected chi connectivity index (χ4v) is 2.80. The normalized spacial score (nSPS) is 15.3. The van der Waals surface area contributed by atoms with Gasteiger partial charge >= 0.3 is 0 Å². The Morgan fingerprint density at radius 3 is 2.68 bits per heavy atom. The van der Waals surface area contributed by atoms with Gasteiger partial charge in [0.2, 0.25) is 0 Å². The molecule has 98 valence electrons.